The predicted molar refractivity (Wildman–Crippen MR) is 79.0 cm³/mol. The number of hydrogen-bond donors (Lipinski definition) is 1. The third kappa shape index (κ3) is 3.36. The molecule has 0 bridgehead atoms. The molecule has 0 aliphatic heterocycles. The van der Waals surface area contributed by atoms with Crippen molar-refractivity contribution in [1.29, 1.82) is 0 Å². The smallest absolute Gasteiger partial charge is 0.265 e. The van der Waals surface area contributed by atoms with E-state index in [2.05, 4.69) is 36.6 Å². The second kappa shape index (κ2) is 5.79. The molecule has 0 fully saturated rings. The maximum atomic E-state index is 13.7. The number of rotatable bonds is 3. The van der Waals surface area contributed by atoms with Crippen LogP contribution in [0, 0.1) is 11.6 Å². The van der Waals surface area contributed by atoms with Gasteiger partial charge < -0.3 is 0 Å². The van der Waals surface area contributed by atoms with Crippen LogP contribution in [-0.2, 0) is 10.0 Å². The minimum atomic E-state index is -4.17. The van der Waals surface area contributed by atoms with Crippen LogP contribution in [0.2, 0.25) is 0 Å². The van der Waals surface area contributed by atoms with Crippen LogP contribution in [0.25, 0.3) is 0 Å². The van der Waals surface area contributed by atoms with E-state index in [0.717, 1.165) is 6.07 Å². The first-order chi connectivity index (χ1) is 9.29. The number of benzene rings is 2. The van der Waals surface area contributed by atoms with Gasteiger partial charge in [0.15, 0.2) is 0 Å². The minimum absolute atomic E-state index is 0.183. The van der Waals surface area contributed by atoms with E-state index in [4.69, 9.17) is 0 Å². The molecular weight excluding hydrogens is 420 g/mol. The Kier molecular flexibility index (Phi) is 4.46. The topological polar surface area (TPSA) is 46.2 Å². The van der Waals surface area contributed by atoms with Crippen LogP contribution in [0.1, 0.15) is 0 Å². The van der Waals surface area contributed by atoms with Gasteiger partial charge in [0.25, 0.3) is 10.0 Å². The lowest BCUT2D eigenvalue weighted by Crippen LogP contribution is -2.15. The van der Waals surface area contributed by atoms with Crippen LogP contribution in [0.5, 0.6) is 0 Å². The molecule has 2 rings (SSSR count). The lowest BCUT2D eigenvalue weighted by molar-refractivity contribution is 0.548. The Hall–Kier alpha value is -0.990. The second-order valence-corrected chi connectivity index (χ2v) is 7.20. The summed E-state index contributed by atoms with van der Waals surface area (Å²) in [6, 6.07) is 7.77. The SMILES string of the molecule is O=S(=O)(Nc1cccc(Br)c1)c1c(F)cc(F)cc1Br. The normalized spacial score (nSPS) is 11.4. The van der Waals surface area contributed by atoms with E-state index in [-0.39, 0.29) is 10.2 Å². The van der Waals surface area contributed by atoms with E-state index in [9.17, 15) is 17.2 Å². The van der Waals surface area contributed by atoms with E-state index in [1.807, 2.05) is 0 Å². The third-order valence-electron chi connectivity index (χ3n) is 2.31. The molecule has 2 aromatic carbocycles. The molecule has 0 spiro atoms. The minimum Gasteiger partial charge on any atom is -0.279 e. The molecule has 0 atom stereocenters. The van der Waals surface area contributed by atoms with Crippen molar-refractivity contribution in [2.75, 3.05) is 4.72 Å². The molecule has 0 saturated heterocycles. The summed E-state index contributed by atoms with van der Waals surface area (Å²) >= 11 is 6.05. The number of sulfonamides is 1. The Balaban J connectivity index is 2.46. The Morgan fingerprint density at radius 1 is 1.05 bits per heavy atom. The van der Waals surface area contributed by atoms with Crippen LogP contribution in [0.15, 0.2) is 50.2 Å². The Morgan fingerprint density at radius 2 is 1.75 bits per heavy atom. The lowest BCUT2D eigenvalue weighted by Gasteiger charge is -2.11. The van der Waals surface area contributed by atoms with Crippen molar-refractivity contribution in [3.8, 4) is 0 Å². The zero-order chi connectivity index (χ0) is 14.9. The van der Waals surface area contributed by atoms with Crippen molar-refractivity contribution in [3.63, 3.8) is 0 Å². The molecule has 0 aliphatic rings. The highest BCUT2D eigenvalue weighted by atomic mass is 79.9. The second-order valence-electron chi connectivity index (χ2n) is 3.81. The van der Waals surface area contributed by atoms with Gasteiger partial charge in [-0.25, -0.2) is 17.2 Å². The van der Waals surface area contributed by atoms with Gasteiger partial charge in [0.05, 0.1) is 0 Å². The van der Waals surface area contributed by atoms with E-state index in [1.54, 1.807) is 12.1 Å². The van der Waals surface area contributed by atoms with Crippen LogP contribution in [0.4, 0.5) is 14.5 Å². The zero-order valence-corrected chi connectivity index (χ0v) is 13.7. The first-order valence-electron chi connectivity index (χ1n) is 5.22. The van der Waals surface area contributed by atoms with Crippen molar-refractivity contribution < 1.29 is 17.2 Å². The monoisotopic (exact) mass is 425 g/mol. The molecule has 106 valence electrons. The largest absolute Gasteiger partial charge is 0.279 e. The molecule has 0 unspecified atom stereocenters. The molecule has 2 aromatic rings. The summed E-state index contributed by atoms with van der Waals surface area (Å²) in [6.07, 6.45) is 0. The molecular formula is C12H7Br2F2NO2S. The van der Waals surface area contributed by atoms with E-state index < -0.39 is 26.6 Å². The average molecular weight is 427 g/mol. The highest BCUT2D eigenvalue weighted by molar-refractivity contribution is 9.10. The van der Waals surface area contributed by atoms with Crippen molar-refractivity contribution >= 4 is 47.6 Å². The fourth-order valence-electron chi connectivity index (χ4n) is 1.54. The van der Waals surface area contributed by atoms with Crippen LogP contribution >= 0.6 is 31.9 Å². The lowest BCUT2D eigenvalue weighted by atomic mass is 10.3. The van der Waals surface area contributed by atoms with Gasteiger partial charge in [0, 0.05) is 20.7 Å². The number of nitrogens with one attached hydrogen (secondary N) is 1. The fraction of sp³-hybridized carbons (Fsp3) is 0. The summed E-state index contributed by atoms with van der Waals surface area (Å²) in [6.45, 7) is 0. The summed E-state index contributed by atoms with van der Waals surface area (Å²) in [5.41, 5.74) is 0.259. The molecule has 0 amide bonds. The molecule has 0 aromatic heterocycles. The van der Waals surface area contributed by atoms with Gasteiger partial charge in [-0.3, -0.25) is 4.72 Å². The van der Waals surface area contributed by atoms with Gasteiger partial charge in [0.1, 0.15) is 16.5 Å². The average Bonchev–Trinajstić information content (AvgIpc) is 2.25. The first-order valence-corrected chi connectivity index (χ1v) is 8.29. The molecule has 0 saturated carbocycles. The van der Waals surface area contributed by atoms with Crippen LogP contribution in [0.3, 0.4) is 0 Å². The molecule has 0 aliphatic carbocycles. The van der Waals surface area contributed by atoms with Crippen molar-refractivity contribution in [3.05, 3.63) is 57.0 Å². The van der Waals surface area contributed by atoms with Gasteiger partial charge in [-0.05, 0) is 40.2 Å². The summed E-state index contributed by atoms with van der Waals surface area (Å²) in [5, 5.41) is 0. The highest BCUT2D eigenvalue weighted by Gasteiger charge is 2.23. The van der Waals surface area contributed by atoms with E-state index in [0.29, 0.717) is 10.5 Å². The zero-order valence-electron chi connectivity index (χ0n) is 9.70. The fourth-order valence-corrected chi connectivity index (χ4v) is 4.16. The molecule has 0 heterocycles. The summed E-state index contributed by atoms with van der Waals surface area (Å²) in [5.74, 6) is -2.03. The van der Waals surface area contributed by atoms with Gasteiger partial charge in [0.2, 0.25) is 0 Å². The molecule has 0 radical (unpaired) electrons. The van der Waals surface area contributed by atoms with Gasteiger partial charge in [-0.1, -0.05) is 22.0 Å². The number of halogens is 4. The van der Waals surface area contributed by atoms with Crippen LogP contribution in [-0.4, -0.2) is 8.42 Å². The number of hydrogen-bond acceptors (Lipinski definition) is 2. The van der Waals surface area contributed by atoms with Gasteiger partial charge in [-0.2, -0.15) is 0 Å². The van der Waals surface area contributed by atoms with Crippen LogP contribution < -0.4 is 4.72 Å². The molecule has 1 N–H and O–H groups in total. The maximum Gasteiger partial charge on any atom is 0.265 e. The number of anilines is 1. The standard InChI is InChI=1S/C12H7Br2F2NO2S/c13-7-2-1-3-9(4-7)17-20(18,19)12-10(14)5-8(15)6-11(12)16/h1-6,17H. The van der Waals surface area contributed by atoms with Crippen molar-refractivity contribution in [2.24, 2.45) is 0 Å². The maximum absolute atomic E-state index is 13.7. The quantitative estimate of drug-likeness (QED) is 0.795. The molecule has 20 heavy (non-hydrogen) atoms. The molecule has 3 nitrogen and oxygen atoms in total. The van der Waals surface area contributed by atoms with E-state index in [1.165, 1.54) is 12.1 Å². The van der Waals surface area contributed by atoms with Crippen molar-refractivity contribution in [2.45, 2.75) is 4.90 Å². The highest BCUT2D eigenvalue weighted by Crippen LogP contribution is 2.28. The Bertz CT molecular complexity index is 743. The van der Waals surface area contributed by atoms with E-state index >= 15 is 0 Å². The Morgan fingerprint density at radius 3 is 2.35 bits per heavy atom. The molecule has 8 heteroatoms. The summed E-state index contributed by atoms with van der Waals surface area (Å²) < 4.78 is 53.7. The third-order valence-corrected chi connectivity index (χ3v) is 5.15. The first kappa shape index (κ1) is 15.4. The van der Waals surface area contributed by atoms with Gasteiger partial charge >= 0.3 is 0 Å². The summed E-state index contributed by atoms with van der Waals surface area (Å²) in [7, 11) is -4.17. The predicted octanol–water partition coefficient (Wildman–Crippen LogP) is 4.29. The van der Waals surface area contributed by atoms with Crippen molar-refractivity contribution in [1.82, 2.24) is 0 Å². The van der Waals surface area contributed by atoms with Gasteiger partial charge in [-0.15, -0.1) is 0 Å². The summed E-state index contributed by atoms with van der Waals surface area (Å²) in [4.78, 5) is -0.640. The Labute approximate surface area is 131 Å².